The van der Waals surface area contributed by atoms with Crippen LogP contribution in [0.3, 0.4) is 0 Å². The highest BCUT2D eigenvalue weighted by molar-refractivity contribution is 14.1. The third-order valence-corrected chi connectivity index (χ3v) is 5.29. The van der Waals surface area contributed by atoms with Gasteiger partial charge in [0, 0.05) is 20.2 Å². The highest BCUT2D eigenvalue weighted by Crippen LogP contribution is 2.12. The molecule has 0 saturated heterocycles. The molecule has 6 heteroatoms. The third-order valence-electron chi connectivity index (χ3n) is 3.41. The summed E-state index contributed by atoms with van der Waals surface area (Å²) in [5, 5.41) is 5.82. The average Bonchev–Trinajstić information content (AvgIpc) is 2.58. The fourth-order valence-electron chi connectivity index (χ4n) is 2.13. The van der Waals surface area contributed by atoms with E-state index in [-0.39, 0.29) is 11.8 Å². The molecule has 24 heavy (non-hydrogen) atoms. The number of unbranched alkanes of at least 4 members (excludes halogenated alkanes) is 1. The molecule has 4 nitrogen and oxygen atoms in total. The SMILES string of the molecule is O=C(NCCCCNC(=O)c1ccccc1I)c1ccccc1I. The van der Waals surface area contributed by atoms with E-state index >= 15 is 0 Å². The first kappa shape index (κ1) is 19.2. The van der Waals surface area contributed by atoms with E-state index in [2.05, 4.69) is 55.8 Å². The Morgan fingerprint density at radius 2 is 1.08 bits per heavy atom. The van der Waals surface area contributed by atoms with Crippen LogP contribution < -0.4 is 10.6 Å². The minimum absolute atomic E-state index is 0.0529. The molecule has 0 bridgehead atoms. The number of hydrogen-bond donors (Lipinski definition) is 2. The van der Waals surface area contributed by atoms with Crippen LogP contribution >= 0.6 is 45.2 Å². The van der Waals surface area contributed by atoms with Crippen LogP contribution in [0.5, 0.6) is 0 Å². The van der Waals surface area contributed by atoms with E-state index in [9.17, 15) is 9.59 Å². The Kier molecular flexibility index (Phi) is 7.97. The summed E-state index contributed by atoms with van der Waals surface area (Å²) in [6, 6.07) is 15.0. The summed E-state index contributed by atoms with van der Waals surface area (Å²) in [7, 11) is 0. The van der Waals surface area contributed by atoms with Crippen LogP contribution in [-0.2, 0) is 0 Å². The molecular formula is C18H18I2N2O2. The Balaban J connectivity index is 1.65. The Morgan fingerprint density at radius 1 is 0.708 bits per heavy atom. The van der Waals surface area contributed by atoms with Crippen molar-refractivity contribution < 1.29 is 9.59 Å². The molecule has 0 atom stereocenters. The summed E-state index contributed by atoms with van der Waals surface area (Å²) < 4.78 is 1.88. The van der Waals surface area contributed by atoms with Crippen LogP contribution in [0.15, 0.2) is 48.5 Å². The lowest BCUT2D eigenvalue weighted by Gasteiger charge is -2.08. The first-order valence-corrected chi connectivity index (χ1v) is 9.81. The van der Waals surface area contributed by atoms with Crippen molar-refractivity contribution in [3.05, 3.63) is 66.8 Å². The van der Waals surface area contributed by atoms with E-state index in [1.54, 1.807) is 0 Å². The summed E-state index contributed by atoms with van der Waals surface area (Å²) in [6.07, 6.45) is 1.64. The topological polar surface area (TPSA) is 58.2 Å². The zero-order valence-electron chi connectivity index (χ0n) is 13.0. The lowest BCUT2D eigenvalue weighted by atomic mass is 10.2. The molecule has 2 rings (SSSR count). The molecule has 2 aromatic carbocycles. The molecule has 2 amide bonds. The van der Waals surface area contributed by atoms with Crippen LogP contribution in [0.2, 0.25) is 0 Å². The maximum Gasteiger partial charge on any atom is 0.252 e. The van der Waals surface area contributed by atoms with Gasteiger partial charge in [0.15, 0.2) is 0 Å². The van der Waals surface area contributed by atoms with Crippen molar-refractivity contribution in [2.24, 2.45) is 0 Å². The lowest BCUT2D eigenvalue weighted by molar-refractivity contribution is 0.0938. The number of benzene rings is 2. The number of halogens is 2. The van der Waals surface area contributed by atoms with Crippen LogP contribution in [-0.4, -0.2) is 24.9 Å². The zero-order valence-corrected chi connectivity index (χ0v) is 17.3. The molecule has 0 aliphatic heterocycles. The van der Waals surface area contributed by atoms with Gasteiger partial charge in [0.1, 0.15) is 0 Å². The Morgan fingerprint density at radius 3 is 1.46 bits per heavy atom. The van der Waals surface area contributed by atoms with Crippen LogP contribution in [0.1, 0.15) is 33.6 Å². The third kappa shape index (κ3) is 5.73. The molecule has 0 fully saturated rings. The van der Waals surface area contributed by atoms with E-state index in [0.717, 1.165) is 20.0 Å². The Bertz CT molecular complexity index is 658. The molecule has 0 heterocycles. The van der Waals surface area contributed by atoms with E-state index in [0.29, 0.717) is 24.2 Å². The second kappa shape index (κ2) is 9.97. The van der Waals surface area contributed by atoms with Crippen molar-refractivity contribution in [2.45, 2.75) is 12.8 Å². The van der Waals surface area contributed by atoms with Gasteiger partial charge < -0.3 is 10.6 Å². The summed E-state index contributed by atoms with van der Waals surface area (Å²) in [5.41, 5.74) is 1.40. The molecule has 2 N–H and O–H groups in total. The Hall–Kier alpha value is -1.16. The second-order valence-corrected chi connectivity index (χ2v) is 7.50. The average molecular weight is 548 g/mol. The first-order chi connectivity index (χ1) is 11.6. The number of amides is 2. The Labute approximate surface area is 169 Å². The number of nitrogens with one attached hydrogen (secondary N) is 2. The fraction of sp³-hybridized carbons (Fsp3) is 0.222. The van der Waals surface area contributed by atoms with E-state index in [1.807, 2.05) is 48.5 Å². The van der Waals surface area contributed by atoms with Crippen LogP contribution in [0, 0.1) is 7.14 Å². The normalized spacial score (nSPS) is 10.2. The van der Waals surface area contributed by atoms with E-state index in [1.165, 1.54) is 0 Å². The van der Waals surface area contributed by atoms with E-state index in [4.69, 9.17) is 0 Å². The maximum absolute atomic E-state index is 12.0. The number of carbonyl (C=O) groups excluding carboxylic acids is 2. The minimum atomic E-state index is -0.0529. The maximum atomic E-state index is 12.0. The molecule has 0 aromatic heterocycles. The van der Waals surface area contributed by atoms with Gasteiger partial charge >= 0.3 is 0 Å². The van der Waals surface area contributed by atoms with Crippen molar-refractivity contribution >= 4 is 57.0 Å². The van der Waals surface area contributed by atoms with Crippen molar-refractivity contribution in [3.8, 4) is 0 Å². The molecule has 0 radical (unpaired) electrons. The van der Waals surface area contributed by atoms with Gasteiger partial charge in [-0.15, -0.1) is 0 Å². The predicted octanol–water partition coefficient (Wildman–Crippen LogP) is 3.84. The van der Waals surface area contributed by atoms with Gasteiger partial charge in [-0.3, -0.25) is 9.59 Å². The molecule has 0 saturated carbocycles. The van der Waals surface area contributed by atoms with Crippen molar-refractivity contribution in [1.82, 2.24) is 10.6 Å². The summed E-state index contributed by atoms with van der Waals surface area (Å²) in [6.45, 7) is 1.20. The van der Waals surface area contributed by atoms with Gasteiger partial charge in [0.05, 0.1) is 11.1 Å². The summed E-state index contributed by atoms with van der Waals surface area (Å²) >= 11 is 4.31. The number of hydrogen-bond acceptors (Lipinski definition) is 2. The van der Waals surface area contributed by atoms with Gasteiger partial charge in [-0.05, 0) is 82.3 Å². The predicted molar refractivity (Wildman–Crippen MR) is 112 cm³/mol. The molecule has 0 spiro atoms. The van der Waals surface area contributed by atoms with Crippen LogP contribution in [0.4, 0.5) is 0 Å². The standard InChI is InChI=1S/C18H18I2N2O2/c19-15-9-3-1-7-13(15)17(23)21-11-5-6-12-22-18(24)14-8-2-4-10-16(14)20/h1-4,7-10H,5-6,11-12H2,(H,21,23)(H,22,24). The number of carbonyl (C=O) groups is 2. The van der Waals surface area contributed by atoms with Crippen molar-refractivity contribution in [2.75, 3.05) is 13.1 Å². The quantitative estimate of drug-likeness (QED) is 0.409. The highest BCUT2D eigenvalue weighted by Gasteiger charge is 2.09. The zero-order chi connectivity index (χ0) is 17.4. The molecular weight excluding hydrogens is 530 g/mol. The first-order valence-electron chi connectivity index (χ1n) is 7.65. The van der Waals surface area contributed by atoms with Crippen molar-refractivity contribution in [3.63, 3.8) is 0 Å². The monoisotopic (exact) mass is 548 g/mol. The minimum Gasteiger partial charge on any atom is -0.352 e. The van der Waals surface area contributed by atoms with Gasteiger partial charge in [-0.25, -0.2) is 0 Å². The van der Waals surface area contributed by atoms with Gasteiger partial charge in [0.25, 0.3) is 11.8 Å². The largest absolute Gasteiger partial charge is 0.352 e. The van der Waals surface area contributed by atoms with Crippen LogP contribution in [0.25, 0.3) is 0 Å². The molecule has 126 valence electrons. The number of rotatable bonds is 7. The van der Waals surface area contributed by atoms with Gasteiger partial charge in [0.2, 0.25) is 0 Å². The fourth-order valence-corrected chi connectivity index (χ4v) is 3.40. The molecule has 0 unspecified atom stereocenters. The van der Waals surface area contributed by atoms with Gasteiger partial charge in [-0.1, -0.05) is 24.3 Å². The molecule has 0 aliphatic rings. The van der Waals surface area contributed by atoms with Crippen molar-refractivity contribution in [1.29, 1.82) is 0 Å². The smallest absolute Gasteiger partial charge is 0.252 e. The molecule has 0 aliphatic carbocycles. The summed E-state index contributed by atoms with van der Waals surface area (Å²) in [4.78, 5) is 24.1. The van der Waals surface area contributed by atoms with E-state index < -0.39 is 0 Å². The second-order valence-electron chi connectivity index (χ2n) is 5.18. The lowest BCUT2D eigenvalue weighted by Crippen LogP contribution is -2.28. The highest BCUT2D eigenvalue weighted by atomic mass is 127. The summed E-state index contributed by atoms with van der Waals surface area (Å²) in [5.74, 6) is -0.106. The van der Waals surface area contributed by atoms with Gasteiger partial charge in [-0.2, -0.15) is 0 Å². The molecule has 2 aromatic rings.